The highest BCUT2D eigenvalue weighted by Gasteiger charge is 1.99. The van der Waals surface area contributed by atoms with E-state index in [1.807, 2.05) is 0 Å². The Morgan fingerprint density at radius 2 is 1.25 bits per heavy atom. The molecule has 0 spiro atoms. The van der Waals surface area contributed by atoms with Gasteiger partial charge in [-0.2, -0.15) is 0 Å². The Bertz CT molecular complexity index is 222. The van der Waals surface area contributed by atoms with Crippen molar-refractivity contribution in [1.29, 1.82) is 0 Å². The molecule has 0 saturated heterocycles. The van der Waals surface area contributed by atoms with Gasteiger partial charge in [0.25, 0.3) is 0 Å². The van der Waals surface area contributed by atoms with E-state index in [1.165, 1.54) is 6.92 Å². The predicted octanol–water partition coefficient (Wildman–Crippen LogP) is 0.134. The van der Waals surface area contributed by atoms with Gasteiger partial charge in [0, 0.05) is 12.8 Å². The fourth-order valence-electron chi connectivity index (χ4n) is 0.552. The van der Waals surface area contributed by atoms with Crippen molar-refractivity contribution < 1.29 is 29.7 Å². The molecule has 1 atom stereocenters. The fourth-order valence-corrected chi connectivity index (χ4v) is 0.552. The minimum Gasteiger partial charge on any atom is -0.481 e. The molecule has 0 aromatic carbocycles. The SMILES string of the molecule is CC(N)C(=O)O.O=C(O)CCCCC(=O)O. The van der Waals surface area contributed by atoms with Crippen LogP contribution in [0.4, 0.5) is 0 Å². The molecule has 0 saturated carbocycles. The summed E-state index contributed by atoms with van der Waals surface area (Å²) in [4.78, 5) is 29.4. The van der Waals surface area contributed by atoms with Crippen LogP contribution in [0.25, 0.3) is 0 Å². The second-order valence-corrected chi connectivity index (χ2v) is 3.12. The standard InChI is InChI=1S/C6H10O4.C3H7NO2/c7-5(8)3-1-2-4-6(9)10;1-2(4)3(5)6/h1-4H2,(H,7,8)(H,9,10);2H,4H2,1H3,(H,5,6). The van der Waals surface area contributed by atoms with Gasteiger partial charge in [0.15, 0.2) is 0 Å². The fraction of sp³-hybridized carbons (Fsp3) is 0.667. The van der Waals surface area contributed by atoms with Gasteiger partial charge in [-0.15, -0.1) is 0 Å². The molecule has 5 N–H and O–H groups in total. The third-order valence-corrected chi connectivity index (χ3v) is 1.42. The average Bonchev–Trinajstić information content (AvgIpc) is 2.12. The molecule has 0 bridgehead atoms. The predicted molar refractivity (Wildman–Crippen MR) is 55.0 cm³/mol. The highest BCUT2D eigenvalue weighted by Crippen LogP contribution is 1.98. The van der Waals surface area contributed by atoms with Gasteiger partial charge in [-0.05, 0) is 19.8 Å². The molecule has 0 aromatic rings. The molecule has 0 amide bonds. The second-order valence-electron chi connectivity index (χ2n) is 3.12. The Hall–Kier alpha value is -1.63. The summed E-state index contributed by atoms with van der Waals surface area (Å²) in [5, 5.41) is 24.1. The number of unbranched alkanes of at least 4 members (excludes halogenated alkanes) is 1. The van der Waals surface area contributed by atoms with E-state index in [2.05, 4.69) is 0 Å². The first-order valence-electron chi connectivity index (χ1n) is 4.69. The van der Waals surface area contributed by atoms with Crippen LogP contribution in [-0.2, 0) is 14.4 Å². The first-order valence-corrected chi connectivity index (χ1v) is 4.69. The third-order valence-electron chi connectivity index (χ3n) is 1.42. The van der Waals surface area contributed by atoms with E-state index in [9.17, 15) is 14.4 Å². The Balaban J connectivity index is 0. The van der Waals surface area contributed by atoms with Gasteiger partial charge < -0.3 is 21.1 Å². The lowest BCUT2D eigenvalue weighted by Crippen LogP contribution is -2.25. The number of aliphatic carboxylic acids is 3. The summed E-state index contributed by atoms with van der Waals surface area (Å²) in [6.07, 6.45) is 1.02. The molecule has 94 valence electrons. The minimum absolute atomic E-state index is 0.0628. The number of carboxylic acid groups (broad SMARTS) is 3. The maximum absolute atomic E-state index is 9.90. The summed E-state index contributed by atoms with van der Waals surface area (Å²) < 4.78 is 0. The van der Waals surface area contributed by atoms with Crippen molar-refractivity contribution in [3.63, 3.8) is 0 Å². The largest absolute Gasteiger partial charge is 0.481 e. The molecule has 0 aliphatic rings. The van der Waals surface area contributed by atoms with Crippen LogP contribution in [0.1, 0.15) is 32.6 Å². The number of hydrogen-bond donors (Lipinski definition) is 4. The van der Waals surface area contributed by atoms with E-state index in [0.717, 1.165) is 0 Å². The summed E-state index contributed by atoms with van der Waals surface area (Å²) in [5.74, 6) is -2.70. The summed E-state index contributed by atoms with van der Waals surface area (Å²) in [7, 11) is 0. The van der Waals surface area contributed by atoms with E-state index < -0.39 is 23.9 Å². The lowest BCUT2D eigenvalue weighted by molar-refractivity contribution is -0.139. The average molecular weight is 235 g/mol. The van der Waals surface area contributed by atoms with Gasteiger partial charge in [-0.25, -0.2) is 0 Å². The van der Waals surface area contributed by atoms with Crippen molar-refractivity contribution in [2.45, 2.75) is 38.6 Å². The molecule has 0 radical (unpaired) electrons. The summed E-state index contributed by atoms with van der Waals surface area (Å²) in [6, 6.07) is -0.731. The zero-order valence-corrected chi connectivity index (χ0v) is 9.05. The molecule has 7 nitrogen and oxygen atoms in total. The minimum atomic E-state index is -0.963. The maximum Gasteiger partial charge on any atom is 0.320 e. The number of carboxylic acids is 3. The van der Waals surface area contributed by atoms with Crippen LogP contribution < -0.4 is 5.73 Å². The quantitative estimate of drug-likeness (QED) is 0.480. The maximum atomic E-state index is 9.90. The normalized spacial score (nSPS) is 10.9. The third kappa shape index (κ3) is 18.2. The first kappa shape index (κ1) is 16.8. The van der Waals surface area contributed by atoms with Crippen LogP contribution in [0.2, 0.25) is 0 Å². The Kier molecular flexibility index (Phi) is 10.4. The van der Waals surface area contributed by atoms with E-state index in [1.54, 1.807) is 0 Å². The van der Waals surface area contributed by atoms with Crippen molar-refractivity contribution in [3.05, 3.63) is 0 Å². The van der Waals surface area contributed by atoms with Gasteiger partial charge in [-0.3, -0.25) is 14.4 Å². The lowest BCUT2D eigenvalue weighted by atomic mass is 10.2. The highest BCUT2D eigenvalue weighted by molar-refractivity contribution is 5.72. The van der Waals surface area contributed by atoms with E-state index in [4.69, 9.17) is 21.1 Å². The molecule has 0 aliphatic heterocycles. The Labute approximate surface area is 92.9 Å². The van der Waals surface area contributed by atoms with Gasteiger partial charge >= 0.3 is 17.9 Å². The number of nitrogens with two attached hydrogens (primary N) is 1. The summed E-state index contributed by atoms with van der Waals surface area (Å²) in [5.41, 5.74) is 4.84. The molecule has 7 heteroatoms. The lowest BCUT2D eigenvalue weighted by Gasteiger charge is -1.92. The van der Waals surface area contributed by atoms with Crippen molar-refractivity contribution in [1.82, 2.24) is 0 Å². The molecule has 1 unspecified atom stereocenters. The monoisotopic (exact) mass is 235 g/mol. The molecule has 0 heterocycles. The van der Waals surface area contributed by atoms with E-state index in [0.29, 0.717) is 12.8 Å². The summed E-state index contributed by atoms with van der Waals surface area (Å²) in [6.45, 7) is 1.42. The molecular weight excluding hydrogens is 218 g/mol. The Morgan fingerprint density at radius 1 is 1.00 bits per heavy atom. The molecule has 16 heavy (non-hydrogen) atoms. The van der Waals surface area contributed by atoms with Crippen molar-refractivity contribution in [3.8, 4) is 0 Å². The zero-order chi connectivity index (χ0) is 13.1. The first-order chi connectivity index (χ1) is 7.27. The van der Waals surface area contributed by atoms with Gasteiger partial charge in [0.1, 0.15) is 6.04 Å². The number of hydrogen-bond acceptors (Lipinski definition) is 4. The molecule has 0 fully saturated rings. The van der Waals surface area contributed by atoms with Crippen LogP contribution in [-0.4, -0.2) is 39.3 Å². The highest BCUT2D eigenvalue weighted by atomic mass is 16.4. The molecule has 0 aliphatic carbocycles. The van der Waals surface area contributed by atoms with Gasteiger partial charge in [0.2, 0.25) is 0 Å². The van der Waals surface area contributed by atoms with Crippen molar-refractivity contribution >= 4 is 17.9 Å². The summed E-state index contributed by atoms with van der Waals surface area (Å²) >= 11 is 0. The van der Waals surface area contributed by atoms with Crippen LogP contribution in [0.5, 0.6) is 0 Å². The molecular formula is C9H17NO6. The van der Waals surface area contributed by atoms with Crippen molar-refractivity contribution in [2.24, 2.45) is 5.73 Å². The molecule has 0 aromatic heterocycles. The van der Waals surface area contributed by atoms with Crippen LogP contribution >= 0.6 is 0 Å². The van der Waals surface area contributed by atoms with Gasteiger partial charge in [-0.1, -0.05) is 0 Å². The van der Waals surface area contributed by atoms with E-state index in [-0.39, 0.29) is 12.8 Å². The second kappa shape index (κ2) is 9.91. The van der Waals surface area contributed by atoms with E-state index >= 15 is 0 Å². The Morgan fingerprint density at radius 3 is 1.38 bits per heavy atom. The zero-order valence-electron chi connectivity index (χ0n) is 9.05. The van der Waals surface area contributed by atoms with Crippen LogP contribution in [0.3, 0.4) is 0 Å². The van der Waals surface area contributed by atoms with Crippen molar-refractivity contribution in [2.75, 3.05) is 0 Å². The van der Waals surface area contributed by atoms with Crippen LogP contribution in [0, 0.1) is 0 Å². The number of carbonyl (C=O) groups is 3. The smallest absolute Gasteiger partial charge is 0.320 e. The van der Waals surface area contributed by atoms with Gasteiger partial charge in [0.05, 0.1) is 0 Å². The van der Waals surface area contributed by atoms with Crippen LogP contribution in [0.15, 0.2) is 0 Å². The topological polar surface area (TPSA) is 138 Å². The molecule has 0 rings (SSSR count). The number of rotatable bonds is 6.